The van der Waals surface area contributed by atoms with Crippen LogP contribution in [0.4, 0.5) is 0 Å². The van der Waals surface area contributed by atoms with Gasteiger partial charge in [-0.25, -0.2) is 13.1 Å². The zero-order valence-corrected chi connectivity index (χ0v) is 14.9. The Labute approximate surface area is 147 Å². The molecule has 8 heteroatoms. The van der Waals surface area contributed by atoms with Gasteiger partial charge in [0.15, 0.2) is 0 Å². The van der Waals surface area contributed by atoms with Gasteiger partial charge in [0.1, 0.15) is 5.75 Å². The van der Waals surface area contributed by atoms with E-state index in [1.807, 2.05) is 6.07 Å². The second-order valence-corrected chi connectivity index (χ2v) is 7.34. The lowest BCUT2D eigenvalue weighted by atomic mass is 10.0. The predicted molar refractivity (Wildman–Crippen MR) is 94.4 cm³/mol. The Bertz CT molecular complexity index is 792. The third-order valence-electron chi connectivity index (χ3n) is 3.48. The van der Waals surface area contributed by atoms with Crippen molar-refractivity contribution >= 4 is 15.9 Å². The molecule has 134 valence electrons. The van der Waals surface area contributed by atoms with E-state index in [-0.39, 0.29) is 12.3 Å². The van der Waals surface area contributed by atoms with Gasteiger partial charge in [-0.1, -0.05) is 18.2 Å². The molecule has 0 unspecified atom stereocenters. The summed E-state index contributed by atoms with van der Waals surface area (Å²) in [4.78, 5) is 16.2. The van der Waals surface area contributed by atoms with Crippen molar-refractivity contribution in [3.8, 4) is 5.75 Å². The topological polar surface area (TPSA) is 97.4 Å². The molecule has 0 saturated carbocycles. The van der Waals surface area contributed by atoms with Gasteiger partial charge in [0.25, 0.3) is 0 Å². The maximum absolute atomic E-state index is 12.2. The fourth-order valence-electron chi connectivity index (χ4n) is 2.28. The van der Waals surface area contributed by atoms with Crippen LogP contribution in [0.1, 0.15) is 23.6 Å². The Hall–Kier alpha value is -2.45. The lowest BCUT2D eigenvalue weighted by Crippen LogP contribution is -2.33. The van der Waals surface area contributed by atoms with Gasteiger partial charge in [-0.3, -0.25) is 9.78 Å². The van der Waals surface area contributed by atoms with E-state index in [9.17, 15) is 13.2 Å². The quantitative estimate of drug-likeness (QED) is 0.739. The summed E-state index contributed by atoms with van der Waals surface area (Å²) in [7, 11) is -1.92. The molecule has 2 N–H and O–H groups in total. The average Bonchev–Trinajstić information content (AvgIpc) is 2.59. The molecule has 1 atom stereocenters. The van der Waals surface area contributed by atoms with Crippen LogP contribution >= 0.6 is 0 Å². The van der Waals surface area contributed by atoms with Gasteiger partial charge < -0.3 is 10.1 Å². The largest absolute Gasteiger partial charge is 0.497 e. The lowest BCUT2D eigenvalue weighted by Gasteiger charge is -2.18. The van der Waals surface area contributed by atoms with Crippen molar-refractivity contribution in [2.24, 2.45) is 0 Å². The molecule has 0 aliphatic heterocycles. The van der Waals surface area contributed by atoms with Crippen molar-refractivity contribution in [2.75, 3.05) is 13.4 Å². The summed E-state index contributed by atoms with van der Waals surface area (Å²) in [5.41, 5.74) is 1.55. The molecule has 2 aromatic rings. The number of ether oxygens (including phenoxy) is 1. The minimum absolute atomic E-state index is 0.0142. The highest BCUT2D eigenvalue weighted by atomic mass is 32.2. The molecule has 1 heterocycles. The van der Waals surface area contributed by atoms with E-state index >= 15 is 0 Å². The second-order valence-electron chi connectivity index (χ2n) is 5.56. The molecule has 1 aromatic heterocycles. The Morgan fingerprint density at radius 1 is 1.24 bits per heavy atom. The fourth-order valence-corrected chi connectivity index (χ4v) is 3.02. The number of pyridine rings is 1. The van der Waals surface area contributed by atoms with Crippen molar-refractivity contribution < 1.29 is 17.9 Å². The van der Waals surface area contributed by atoms with Crippen molar-refractivity contribution in [3.05, 3.63) is 59.9 Å². The molecule has 0 aliphatic carbocycles. The number of hydrogen-bond donors (Lipinski definition) is 2. The maximum Gasteiger partial charge on any atom is 0.222 e. The molecule has 0 spiro atoms. The smallest absolute Gasteiger partial charge is 0.222 e. The van der Waals surface area contributed by atoms with Crippen LogP contribution in [0, 0.1) is 0 Å². The number of carbonyl (C=O) groups is 1. The normalized spacial score (nSPS) is 12.4. The molecular weight excluding hydrogens is 342 g/mol. The number of carbonyl (C=O) groups excluding carboxylic acids is 1. The van der Waals surface area contributed by atoms with E-state index in [2.05, 4.69) is 15.0 Å². The van der Waals surface area contributed by atoms with Crippen LogP contribution in [0.5, 0.6) is 5.75 Å². The van der Waals surface area contributed by atoms with E-state index in [1.165, 1.54) is 0 Å². The minimum atomic E-state index is -3.47. The van der Waals surface area contributed by atoms with Crippen LogP contribution in [0.2, 0.25) is 0 Å². The van der Waals surface area contributed by atoms with Crippen LogP contribution < -0.4 is 14.8 Å². The van der Waals surface area contributed by atoms with Gasteiger partial charge >= 0.3 is 0 Å². The van der Waals surface area contributed by atoms with E-state index in [0.717, 1.165) is 11.8 Å². The Kier molecular flexibility index (Phi) is 6.49. The summed E-state index contributed by atoms with van der Waals surface area (Å²) in [6, 6.07) is 9.89. The summed E-state index contributed by atoms with van der Waals surface area (Å²) < 4.78 is 30.8. The Morgan fingerprint density at radius 2 is 1.96 bits per heavy atom. The molecule has 0 fully saturated rings. The molecule has 25 heavy (non-hydrogen) atoms. The summed E-state index contributed by atoms with van der Waals surface area (Å²) in [6.07, 6.45) is 4.37. The standard InChI is InChI=1S/C17H21N3O4S/c1-24-15-7-5-14(6-8-15)16(20-25(2,22)23)10-17(21)19-12-13-4-3-9-18-11-13/h3-9,11,16,20H,10,12H2,1-2H3,(H,19,21)/t16-/m1/s1. The number of amides is 1. The molecule has 1 aromatic carbocycles. The summed E-state index contributed by atoms with van der Waals surface area (Å²) >= 11 is 0. The van der Waals surface area contributed by atoms with Crippen LogP contribution in [0.3, 0.4) is 0 Å². The first-order chi connectivity index (χ1) is 11.9. The van der Waals surface area contributed by atoms with Crippen LogP contribution in [0.25, 0.3) is 0 Å². The van der Waals surface area contributed by atoms with Crippen LogP contribution in [0.15, 0.2) is 48.8 Å². The highest BCUT2D eigenvalue weighted by Gasteiger charge is 2.19. The number of nitrogens with zero attached hydrogens (tertiary/aromatic N) is 1. The first-order valence-electron chi connectivity index (χ1n) is 7.64. The van der Waals surface area contributed by atoms with Gasteiger partial charge in [-0.05, 0) is 29.3 Å². The SMILES string of the molecule is COc1ccc([C@@H](CC(=O)NCc2cccnc2)NS(C)(=O)=O)cc1. The van der Waals surface area contributed by atoms with Crippen LogP contribution in [-0.2, 0) is 21.4 Å². The number of rotatable bonds is 8. The fraction of sp³-hybridized carbons (Fsp3) is 0.294. The van der Waals surface area contributed by atoms with Gasteiger partial charge in [0.2, 0.25) is 15.9 Å². The molecule has 7 nitrogen and oxygen atoms in total. The third kappa shape index (κ3) is 6.52. The van der Waals surface area contributed by atoms with Crippen molar-refractivity contribution in [3.63, 3.8) is 0 Å². The Balaban J connectivity index is 2.05. The number of benzene rings is 1. The van der Waals surface area contributed by atoms with Gasteiger partial charge in [-0.15, -0.1) is 0 Å². The van der Waals surface area contributed by atoms with Crippen molar-refractivity contribution in [2.45, 2.75) is 19.0 Å². The zero-order valence-electron chi connectivity index (χ0n) is 14.1. The van der Waals surface area contributed by atoms with Crippen molar-refractivity contribution in [1.82, 2.24) is 15.0 Å². The monoisotopic (exact) mass is 363 g/mol. The average molecular weight is 363 g/mol. The highest BCUT2D eigenvalue weighted by molar-refractivity contribution is 7.88. The minimum Gasteiger partial charge on any atom is -0.497 e. The molecule has 0 aliphatic rings. The lowest BCUT2D eigenvalue weighted by molar-refractivity contribution is -0.121. The summed E-state index contributed by atoms with van der Waals surface area (Å²) in [5, 5.41) is 2.77. The molecule has 1 amide bonds. The third-order valence-corrected chi connectivity index (χ3v) is 4.19. The van der Waals surface area contributed by atoms with E-state index < -0.39 is 16.1 Å². The molecule has 0 bridgehead atoms. The van der Waals surface area contributed by atoms with E-state index in [0.29, 0.717) is 17.9 Å². The zero-order chi connectivity index (χ0) is 18.3. The first kappa shape index (κ1) is 18.9. The van der Waals surface area contributed by atoms with Crippen LogP contribution in [-0.4, -0.2) is 32.7 Å². The number of aromatic nitrogens is 1. The summed E-state index contributed by atoms with van der Waals surface area (Å²) in [6.45, 7) is 0.334. The summed E-state index contributed by atoms with van der Waals surface area (Å²) in [5.74, 6) is 0.392. The van der Waals surface area contributed by atoms with E-state index in [4.69, 9.17) is 4.74 Å². The number of methoxy groups -OCH3 is 1. The maximum atomic E-state index is 12.2. The van der Waals surface area contributed by atoms with Gasteiger partial charge in [0, 0.05) is 25.4 Å². The van der Waals surface area contributed by atoms with Gasteiger partial charge in [-0.2, -0.15) is 0 Å². The molecule has 0 saturated heterocycles. The second kappa shape index (κ2) is 8.59. The van der Waals surface area contributed by atoms with Crippen molar-refractivity contribution in [1.29, 1.82) is 0 Å². The highest BCUT2D eigenvalue weighted by Crippen LogP contribution is 2.21. The molecule has 2 rings (SSSR count). The number of sulfonamides is 1. The first-order valence-corrected chi connectivity index (χ1v) is 9.53. The van der Waals surface area contributed by atoms with E-state index in [1.54, 1.807) is 49.8 Å². The predicted octanol–water partition coefficient (Wildman–Crippen LogP) is 1.39. The number of nitrogens with one attached hydrogen (secondary N) is 2. The molecular formula is C17H21N3O4S. The van der Waals surface area contributed by atoms with Gasteiger partial charge in [0.05, 0.1) is 19.4 Å². The molecule has 0 radical (unpaired) electrons. The number of hydrogen-bond acceptors (Lipinski definition) is 5. The Morgan fingerprint density at radius 3 is 2.52 bits per heavy atom.